The Morgan fingerprint density at radius 3 is 1.98 bits per heavy atom. The SMILES string of the molecule is CC(C)Cc1cc(-c2[c-]cccc2)nc[c]1[Ge]([CH3])([CH3])[CH3].FC(F)(F)c1ccc2c(n1)oc1c(-c3nc4ccccc4n3-c3c(-c4ccccc4)cccc3-c3ccccc3)[c-]ccc12.[Ir]. The molecule has 0 saturated carbocycles. The molecule has 0 atom stereocenters. The van der Waals surface area contributed by atoms with Gasteiger partial charge in [-0.05, 0) is 35.4 Å². The molecule has 1 radical (unpaired) electrons. The first-order valence-corrected chi connectivity index (χ1v) is 28.7. The summed E-state index contributed by atoms with van der Waals surface area (Å²) in [6, 6.07) is 57.2. The molecule has 0 bridgehead atoms. The van der Waals surface area contributed by atoms with E-state index in [1.54, 1.807) is 16.5 Å². The van der Waals surface area contributed by atoms with E-state index in [2.05, 4.69) is 108 Å². The van der Waals surface area contributed by atoms with Gasteiger partial charge in [-0.25, -0.2) is 4.98 Å². The maximum Gasteiger partial charge on any atom is 0.433 e. The molecule has 10 aromatic rings. The predicted molar refractivity (Wildman–Crippen MR) is 256 cm³/mol. The van der Waals surface area contributed by atoms with Crippen molar-refractivity contribution < 1.29 is 37.7 Å². The van der Waals surface area contributed by atoms with Crippen molar-refractivity contribution in [3.05, 3.63) is 187 Å². The van der Waals surface area contributed by atoms with Crippen molar-refractivity contribution in [3.8, 4) is 50.6 Å². The molecule has 0 aliphatic rings. The minimum atomic E-state index is -4.59. The molecule has 0 N–H and O–H groups in total. The molecule has 0 saturated heterocycles. The van der Waals surface area contributed by atoms with Gasteiger partial charge in [-0.15, -0.1) is 18.2 Å². The molecule has 65 heavy (non-hydrogen) atoms. The summed E-state index contributed by atoms with van der Waals surface area (Å²) in [6.45, 7) is 4.57. The van der Waals surface area contributed by atoms with Gasteiger partial charge in [-0.2, -0.15) is 13.2 Å². The molecule has 4 aromatic heterocycles. The van der Waals surface area contributed by atoms with Gasteiger partial charge in [-0.3, -0.25) is 4.98 Å². The summed E-state index contributed by atoms with van der Waals surface area (Å²) >= 11 is -1.86. The van der Waals surface area contributed by atoms with Crippen LogP contribution >= 0.6 is 0 Å². The molecule has 327 valence electrons. The van der Waals surface area contributed by atoms with Crippen molar-refractivity contribution in [1.82, 2.24) is 19.5 Å². The van der Waals surface area contributed by atoms with Gasteiger partial charge in [-0.1, -0.05) is 102 Å². The molecule has 6 aromatic carbocycles. The molecule has 5 nitrogen and oxygen atoms in total. The average Bonchev–Trinajstić information content (AvgIpc) is 3.87. The first-order valence-electron chi connectivity index (χ1n) is 21.3. The van der Waals surface area contributed by atoms with E-state index in [0.29, 0.717) is 33.7 Å². The van der Waals surface area contributed by atoms with Crippen LogP contribution in [0.4, 0.5) is 13.2 Å². The molecule has 0 fully saturated rings. The van der Waals surface area contributed by atoms with Crippen LogP contribution in [0.25, 0.3) is 83.7 Å². The van der Waals surface area contributed by atoms with Gasteiger partial charge in [0.15, 0.2) is 0 Å². The van der Waals surface area contributed by atoms with Crippen LogP contribution in [-0.2, 0) is 32.7 Å². The van der Waals surface area contributed by atoms with Crippen molar-refractivity contribution >= 4 is 50.8 Å². The standard InChI is InChI=1S/C37H21F3N3O.C18H24GeN.Ir/c38-37(39,40)32-22-21-28-27-17-10-18-29(34(27)44-36(28)42-32)35-41-30-19-7-8-20-31(30)43(35)33-25(23-11-3-1-4-12-23)15-9-16-26(33)24-13-5-2-6-14-24;1-14(2)11-16-12-18(15-9-7-6-8-10-15)20-13-17(16)19(3,4)5;/h1-17,19-22H;6-9,12-14H,11H2,1-5H3;/q2*-1;. The van der Waals surface area contributed by atoms with E-state index in [9.17, 15) is 13.2 Å². The van der Waals surface area contributed by atoms with Gasteiger partial charge in [0.1, 0.15) is 5.69 Å². The second kappa shape index (κ2) is 18.8. The number of alkyl halides is 3. The van der Waals surface area contributed by atoms with Crippen LogP contribution in [0.1, 0.15) is 25.1 Å². The van der Waals surface area contributed by atoms with Crippen LogP contribution in [0.2, 0.25) is 17.3 Å². The third-order valence-electron chi connectivity index (χ3n) is 11.2. The summed E-state index contributed by atoms with van der Waals surface area (Å²) in [5, 5.41) is 1.12. The second-order valence-electron chi connectivity index (χ2n) is 17.3. The molecule has 0 unspecified atom stereocenters. The number of aromatic nitrogens is 4. The Bertz CT molecular complexity index is 3190. The summed E-state index contributed by atoms with van der Waals surface area (Å²) in [4.78, 5) is 13.6. The third kappa shape index (κ3) is 9.37. The summed E-state index contributed by atoms with van der Waals surface area (Å²) in [5.74, 6) is 8.54. The fourth-order valence-electron chi connectivity index (χ4n) is 8.33. The summed E-state index contributed by atoms with van der Waals surface area (Å²) in [6.07, 6.45) is -1.32. The Balaban J connectivity index is 0.000000232. The minimum absolute atomic E-state index is 0. The van der Waals surface area contributed by atoms with E-state index < -0.39 is 25.1 Å². The molecule has 4 heterocycles. The van der Waals surface area contributed by atoms with Crippen molar-refractivity contribution in [2.45, 2.75) is 43.7 Å². The van der Waals surface area contributed by atoms with Crippen molar-refractivity contribution in [2.75, 3.05) is 0 Å². The third-order valence-corrected chi connectivity index (χ3v) is 15.5. The smallest absolute Gasteiger partial charge is 0.433 e. The summed E-state index contributed by atoms with van der Waals surface area (Å²) in [7, 11) is 0. The molecule has 10 heteroatoms. The maximum atomic E-state index is 13.5. The van der Waals surface area contributed by atoms with E-state index in [4.69, 9.17) is 14.4 Å². The van der Waals surface area contributed by atoms with E-state index in [1.807, 2.05) is 84.9 Å². The van der Waals surface area contributed by atoms with Crippen LogP contribution in [-0.4, -0.2) is 32.8 Å². The van der Waals surface area contributed by atoms with Gasteiger partial charge in [0.25, 0.3) is 0 Å². The van der Waals surface area contributed by atoms with Crippen LogP contribution in [0.5, 0.6) is 0 Å². The largest absolute Gasteiger partial charge is 0.486 e. The summed E-state index contributed by atoms with van der Waals surface area (Å²) in [5.41, 5.74) is 9.98. The monoisotopic (exact) mass is 1100 g/mol. The minimum Gasteiger partial charge on any atom is -0.486 e. The van der Waals surface area contributed by atoms with E-state index in [-0.39, 0.29) is 25.8 Å². The van der Waals surface area contributed by atoms with Crippen LogP contribution in [0, 0.1) is 18.1 Å². The number of hydrogen-bond acceptors (Lipinski definition) is 4. The van der Waals surface area contributed by atoms with Crippen LogP contribution in [0.3, 0.4) is 0 Å². The van der Waals surface area contributed by atoms with Gasteiger partial charge in [0, 0.05) is 36.6 Å². The van der Waals surface area contributed by atoms with E-state index in [0.717, 1.165) is 62.7 Å². The summed E-state index contributed by atoms with van der Waals surface area (Å²) < 4.78 is 50.3. The molecule has 0 aliphatic heterocycles. The second-order valence-corrected chi connectivity index (χ2v) is 27.9. The zero-order valence-electron chi connectivity index (χ0n) is 36.5. The van der Waals surface area contributed by atoms with Gasteiger partial charge < -0.3 is 8.98 Å². The Morgan fingerprint density at radius 1 is 0.692 bits per heavy atom. The topological polar surface area (TPSA) is 56.7 Å². The Hall–Kier alpha value is -6.13. The zero-order valence-corrected chi connectivity index (χ0v) is 41.0. The van der Waals surface area contributed by atoms with E-state index in [1.165, 1.54) is 11.6 Å². The Labute approximate surface area is 393 Å². The van der Waals surface area contributed by atoms with Crippen LogP contribution < -0.4 is 4.40 Å². The van der Waals surface area contributed by atoms with Gasteiger partial charge >= 0.3 is 132 Å². The zero-order chi connectivity index (χ0) is 44.6. The van der Waals surface area contributed by atoms with Crippen LogP contribution in [0.15, 0.2) is 168 Å². The normalized spacial score (nSPS) is 11.8. The van der Waals surface area contributed by atoms with Crippen molar-refractivity contribution in [3.63, 3.8) is 0 Å². The molecular weight excluding hydrogens is 1050 g/mol. The predicted octanol–water partition coefficient (Wildman–Crippen LogP) is 14.4. The van der Waals surface area contributed by atoms with Crippen molar-refractivity contribution in [2.24, 2.45) is 5.92 Å². The molecule has 0 aliphatic carbocycles. The van der Waals surface area contributed by atoms with Crippen molar-refractivity contribution in [1.29, 1.82) is 0 Å². The Morgan fingerprint density at radius 2 is 1.35 bits per heavy atom. The van der Waals surface area contributed by atoms with E-state index >= 15 is 0 Å². The fourth-order valence-corrected chi connectivity index (χ4v) is 11.7. The first kappa shape index (κ1) is 45.4. The number of benzene rings is 6. The number of fused-ring (bicyclic) bond motifs is 4. The first-order chi connectivity index (χ1) is 30.8. The fraction of sp³-hybridized carbons (Fsp3) is 0.145. The number of hydrogen-bond donors (Lipinski definition) is 0. The molecule has 0 spiro atoms. The molecule has 0 amide bonds. The Kier molecular flexibility index (Phi) is 13.1. The number of para-hydroxylation sites is 3. The maximum absolute atomic E-state index is 13.5. The average molecular weight is 1100 g/mol. The molecule has 10 rings (SSSR count). The number of nitrogens with zero attached hydrogens (tertiary/aromatic N) is 4. The number of furan rings is 1. The number of imidazole rings is 1. The van der Waals surface area contributed by atoms with Gasteiger partial charge in [0.2, 0.25) is 5.71 Å². The number of halogens is 3. The van der Waals surface area contributed by atoms with Gasteiger partial charge in [0.05, 0.1) is 28.1 Å². The molecular formula is C55H45F3GeIrN4O-2. The number of rotatable bonds is 8. The number of pyridine rings is 2. The quantitative estimate of drug-likeness (QED) is 0.112.